The number of carbonyl (C=O) groups is 2. The minimum absolute atomic E-state index is 0.416. The van der Waals surface area contributed by atoms with Crippen LogP contribution in [0.4, 0.5) is 0 Å². The van der Waals surface area contributed by atoms with Gasteiger partial charge in [0.15, 0.2) is 0 Å². The summed E-state index contributed by atoms with van der Waals surface area (Å²) < 4.78 is -0.879. The van der Waals surface area contributed by atoms with Gasteiger partial charge >= 0.3 is 5.97 Å². The van der Waals surface area contributed by atoms with Crippen molar-refractivity contribution in [2.45, 2.75) is 50.0 Å². The van der Waals surface area contributed by atoms with Gasteiger partial charge in [-0.3, -0.25) is 9.59 Å². The van der Waals surface area contributed by atoms with Crippen molar-refractivity contribution in [3.8, 4) is 0 Å². The summed E-state index contributed by atoms with van der Waals surface area (Å²) in [5, 5.41) is 8.76. The maximum Gasteiger partial charge on any atom is 0.319 e. The lowest BCUT2D eigenvalue weighted by Crippen LogP contribution is -2.39. The highest BCUT2D eigenvalue weighted by molar-refractivity contribution is 8.02. The molecule has 0 aliphatic rings. The fourth-order valence-corrected chi connectivity index (χ4v) is 2.65. The van der Waals surface area contributed by atoms with Crippen LogP contribution in [0.3, 0.4) is 0 Å². The van der Waals surface area contributed by atoms with Crippen molar-refractivity contribution in [3.05, 3.63) is 0 Å². The standard InChI is InChI=1S/C10H19NO3S/c1-4-7(8(11)12)15-10(5-2,6-3)9(13)14/h7H,4-6H2,1-3H3,(H2,11,12)(H,13,14)/t7-/m0/s1. The van der Waals surface area contributed by atoms with E-state index in [1.165, 1.54) is 11.8 Å². The molecule has 0 saturated heterocycles. The summed E-state index contributed by atoms with van der Waals surface area (Å²) in [6.07, 6.45) is 1.55. The maximum absolute atomic E-state index is 11.2. The number of carbonyl (C=O) groups excluding carboxylic acids is 1. The van der Waals surface area contributed by atoms with Gasteiger partial charge in [0.25, 0.3) is 0 Å². The summed E-state index contributed by atoms with van der Waals surface area (Å²) in [6.45, 7) is 5.47. The smallest absolute Gasteiger partial charge is 0.319 e. The Labute approximate surface area is 94.6 Å². The highest BCUT2D eigenvalue weighted by Gasteiger charge is 2.38. The van der Waals surface area contributed by atoms with Gasteiger partial charge < -0.3 is 10.8 Å². The molecule has 0 rings (SSSR count). The number of primary amides is 1. The van der Waals surface area contributed by atoms with Gasteiger partial charge in [0.1, 0.15) is 4.75 Å². The van der Waals surface area contributed by atoms with Crippen LogP contribution in [0.25, 0.3) is 0 Å². The van der Waals surface area contributed by atoms with E-state index in [4.69, 9.17) is 5.73 Å². The number of rotatable bonds is 7. The molecule has 5 heteroatoms. The molecule has 0 aliphatic carbocycles. The van der Waals surface area contributed by atoms with Gasteiger partial charge in [0.2, 0.25) is 5.91 Å². The lowest BCUT2D eigenvalue weighted by atomic mass is 10.0. The van der Waals surface area contributed by atoms with Crippen LogP contribution < -0.4 is 5.73 Å². The maximum atomic E-state index is 11.2. The number of carboxylic acid groups (broad SMARTS) is 1. The molecule has 0 spiro atoms. The first-order valence-corrected chi connectivity index (χ1v) is 6.02. The Hall–Kier alpha value is -0.710. The first-order chi connectivity index (χ1) is 6.93. The number of amides is 1. The van der Waals surface area contributed by atoms with Crippen molar-refractivity contribution < 1.29 is 14.7 Å². The topological polar surface area (TPSA) is 80.4 Å². The van der Waals surface area contributed by atoms with Crippen LogP contribution in [-0.4, -0.2) is 27.0 Å². The van der Waals surface area contributed by atoms with Gasteiger partial charge in [-0.2, -0.15) is 0 Å². The van der Waals surface area contributed by atoms with Crippen molar-refractivity contribution in [2.75, 3.05) is 0 Å². The van der Waals surface area contributed by atoms with Crippen LogP contribution in [0.1, 0.15) is 40.0 Å². The van der Waals surface area contributed by atoms with E-state index in [0.29, 0.717) is 19.3 Å². The summed E-state index contributed by atoms with van der Waals surface area (Å²) in [5.74, 6) is -1.30. The number of hydrogen-bond donors (Lipinski definition) is 2. The van der Waals surface area contributed by atoms with Crippen molar-refractivity contribution in [1.29, 1.82) is 0 Å². The Morgan fingerprint density at radius 3 is 2.00 bits per heavy atom. The molecule has 0 bridgehead atoms. The van der Waals surface area contributed by atoms with Crippen LogP contribution in [0, 0.1) is 0 Å². The Bertz CT molecular complexity index is 239. The zero-order chi connectivity index (χ0) is 12.1. The second-order valence-electron chi connectivity index (χ2n) is 3.42. The molecule has 0 radical (unpaired) electrons. The molecule has 0 aliphatic heterocycles. The predicted octanol–water partition coefficient (Wildman–Crippen LogP) is 1.63. The van der Waals surface area contributed by atoms with Crippen LogP contribution >= 0.6 is 11.8 Å². The molecule has 0 saturated carbocycles. The lowest BCUT2D eigenvalue weighted by molar-refractivity contribution is -0.140. The quantitative estimate of drug-likeness (QED) is 0.700. The van der Waals surface area contributed by atoms with E-state index in [2.05, 4.69) is 0 Å². The number of hydrogen-bond acceptors (Lipinski definition) is 3. The summed E-state index contributed by atoms with van der Waals surface area (Å²) in [6, 6.07) is 0. The third-order valence-corrected chi connectivity index (χ3v) is 4.64. The fourth-order valence-electron chi connectivity index (χ4n) is 1.38. The normalized spacial score (nSPS) is 13.5. The van der Waals surface area contributed by atoms with Crippen LogP contribution in [0.2, 0.25) is 0 Å². The van der Waals surface area contributed by atoms with Crippen LogP contribution in [-0.2, 0) is 9.59 Å². The van der Waals surface area contributed by atoms with Gasteiger partial charge in [-0.25, -0.2) is 0 Å². The highest BCUT2D eigenvalue weighted by atomic mass is 32.2. The average Bonchev–Trinajstić information content (AvgIpc) is 2.19. The van der Waals surface area contributed by atoms with E-state index in [1.54, 1.807) is 0 Å². The molecule has 88 valence electrons. The molecular weight excluding hydrogens is 214 g/mol. The number of thioether (sulfide) groups is 1. The zero-order valence-electron chi connectivity index (χ0n) is 9.45. The molecule has 1 amide bonds. The molecule has 15 heavy (non-hydrogen) atoms. The second-order valence-corrected chi connectivity index (χ2v) is 5.01. The van der Waals surface area contributed by atoms with E-state index < -0.39 is 21.9 Å². The van der Waals surface area contributed by atoms with Crippen molar-refractivity contribution in [3.63, 3.8) is 0 Å². The van der Waals surface area contributed by atoms with E-state index in [1.807, 2.05) is 20.8 Å². The zero-order valence-corrected chi connectivity index (χ0v) is 10.3. The predicted molar refractivity (Wildman–Crippen MR) is 61.8 cm³/mol. The monoisotopic (exact) mass is 233 g/mol. The van der Waals surface area contributed by atoms with Gasteiger partial charge in [-0.1, -0.05) is 20.8 Å². The van der Waals surface area contributed by atoms with Crippen molar-refractivity contribution in [1.82, 2.24) is 0 Å². The number of nitrogens with two attached hydrogens (primary N) is 1. The van der Waals surface area contributed by atoms with Crippen molar-refractivity contribution in [2.24, 2.45) is 5.73 Å². The van der Waals surface area contributed by atoms with E-state index in [-0.39, 0.29) is 0 Å². The molecule has 1 atom stereocenters. The molecule has 0 aromatic carbocycles. The Morgan fingerprint density at radius 1 is 1.33 bits per heavy atom. The molecule has 0 fully saturated rings. The van der Waals surface area contributed by atoms with E-state index >= 15 is 0 Å². The summed E-state index contributed by atoms with van der Waals surface area (Å²) >= 11 is 1.18. The molecule has 0 aromatic heterocycles. The first kappa shape index (κ1) is 14.3. The van der Waals surface area contributed by atoms with Gasteiger partial charge in [0, 0.05) is 0 Å². The minimum Gasteiger partial charge on any atom is -0.480 e. The molecule has 3 N–H and O–H groups in total. The van der Waals surface area contributed by atoms with E-state index in [0.717, 1.165) is 0 Å². The third-order valence-electron chi connectivity index (χ3n) is 2.59. The molecular formula is C10H19NO3S. The van der Waals surface area contributed by atoms with Gasteiger partial charge in [-0.05, 0) is 19.3 Å². The van der Waals surface area contributed by atoms with Crippen LogP contribution in [0.15, 0.2) is 0 Å². The van der Waals surface area contributed by atoms with Gasteiger partial charge in [0.05, 0.1) is 5.25 Å². The third kappa shape index (κ3) is 3.41. The van der Waals surface area contributed by atoms with E-state index in [9.17, 15) is 14.7 Å². The lowest BCUT2D eigenvalue weighted by Gasteiger charge is -2.29. The molecule has 4 nitrogen and oxygen atoms in total. The van der Waals surface area contributed by atoms with Gasteiger partial charge in [-0.15, -0.1) is 11.8 Å². The summed E-state index contributed by atoms with van der Waals surface area (Å²) in [4.78, 5) is 22.3. The Kier molecular flexibility index (Phi) is 5.72. The second kappa shape index (κ2) is 6.00. The fraction of sp³-hybridized carbons (Fsp3) is 0.800. The number of carboxylic acids is 1. The largest absolute Gasteiger partial charge is 0.480 e. The minimum atomic E-state index is -0.879. The SMILES string of the molecule is CC[C@H](SC(CC)(CC)C(=O)O)C(N)=O. The Balaban J connectivity index is 4.80. The van der Waals surface area contributed by atoms with Crippen LogP contribution in [0.5, 0.6) is 0 Å². The molecule has 0 heterocycles. The summed E-state index contributed by atoms with van der Waals surface area (Å²) in [5.41, 5.74) is 5.21. The first-order valence-electron chi connectivity index (χ1n) is 5.14. The number of aliphatic carboxylic acids is 1. The van der Waals surface area contributed by atoms with Crippen molar-refractivity contribution >= 4 is 23.6 Å². The average molecular weight is 233 g/mol. The summed E-state index contributed by atoms with van der Waals surface area (Å²) in [7, 11) is 0. The molecule has 0 aromatic rings. The highest BCUT2D eigenvalue weighted by Crippen LogP contribution is 2.37. The molecule has 0 unspecified atom stereocenters. The Morgan fingerprint density at radius 2 is 1.80 bits per heavy atom.